The van der Waals surface area contributed by atoms with Crippen molar-refractivity contribution in [1.82, 2.24) is 14.1 Å². The van der Waals surface area contributed by atoms with E-state index in [4.69, 9.17) is 0 Å². The van der Waals surface area contributed by atoms with E-state index in [0.29, 0.717) is 20.4 Å². The molecular formula is C24H24N4O3S2. The number of nitrogens with one attached hydrogen (secondary N) is 1. The second-order valence-electron chi connectivity index (χ2n) is 7.78. The van der Waals surface area contributed by atoms with Gasteiger partial charge in [-0.15, -0.1) is 11.3 Å². The number of amides is 1. The average molecular weight is 481 g/mol. The molecule has 0 unspecified atom stereocenters. The Balaban J connectivity index is 1.84. The van der Waals surface area contributed by atoms with Gasteiger partial charge in [0.15, 0.2) is 9.99 Å². The molecule has 0 atom stereocenters. The second-order valence-corrected chi connectivity index (χ2v) is 10.3. The third-order valence-corrected chi connectivity index (χ3v) is 7.25. The number of hydrogen-bond acceptors (Lipinski definition) is 6. The summed E-state index contributed by atoms with van der Waals surface area (Å²) in [6.45, 7) is 7.53. The van der Waals surface area contributed by atoms with Crippen molar-refractivity contribution in [3.63, 3.8) is 0 Å². The predicted octanol–water partition coefficient (Wildman–Crippen LogP) is 4.28. The summed E-state index contributed by atoms with van der Waals surface area (Å²) in [5.41, 5.74) is 3.33. The molecule has 0 saturated carbocycles. The lowest BCUT2D eigenvalue weighted by atomic mass is 10.1. The molecule has 2 aromatic heterocycles. The number of thiazole rings is 1. The van der Waals surface area contributed by atoms with Gasteiger partial charge < -0.3 is 5.32 Å². The molecule has 0 saturated heterocycles. The fourth-order valence-electron chi connectivity index (χ4n) is 3.47. The SMILES string of the molecule is CCSc1nc2c(s1)c(=O)n(-c1ccc(C)cc1)c(=O)n2CC(=O)Nc1cc(C)ccc1C. The molecule has 9 heteroatoms. The summed E-state index contributed by atoms with van der Waals surface area (Å²) in [6, 6.07) is 12.9. The number of hydrogen-bond donors (Lipinski definition) is 1. The number of benzene rings is 2. The summed E-state index contributed by atoms with van der Waals surface area (Å²) in [5.74, 6) is 0.419. The summed E-state index contributed by atoms with van der Waals surface area (Å²) in [6.07, 6.45) is 0. The molecule has 0 radical (unpaired) electrons. The number of aryl methyl sites for hydroxylation is 3. The minimum atomic E-state index is -0.592. The van der Waals surface area contributed by atoms with Crippen molar-refractivity contribution in [1.29, 1.82) is 0 Å². The molecule has 0 fully saturated rings. The maximum atomic E-state index is 13.5. The number of thioether (sulfide) groups is 1. The summed E-state index contributed by atoms with van der Waals surface area (Å²) in [4.78, 5) is 44.2. The van der Waals surface area contributed by atoms with Crippen molar-refractivity contribution < 1.29 is 4.79 Å². The molecule has 0 aliphatic rings. The largest absolute Gasteiger partial charge is 0.337 e. The van der Waals surface area contributed by atoms with Gasteiger partial charge in [0.25, 0.3) is 5.56 Å². The molecule has 0 aliphatic heterocycles. The van der Waals surface area contributed by atoms with Crippen molar-refractivity contribution >= 4 is 45.0 Å². The Morgan fingerprint density at radius 3 is 2.45 bits per heavy atom. The number of anilines is 1. The number of fused-ring (bicyclic) bond motifs is 1. The standard InChI is InChI=1S/C24H24N4O3S2/c1-5-32-23-26-21-20(33-23)22(30)28(17-10-7-14(2)8-11-17)24(31)27(21)13-19(29)25-18-12-15(3)6-9-16(18)4/h6-12H,5,13H2,1-4H3,(H,25,29). The summed E-state index contributed by atoms with van der Waals surface area (Å²) >= 11 is 2.74. The fourth-order valence-corrected chi connectivity index (χ4v) is 5.44. The van der Waals surface area contributed by atoms with Crippen LogP contribution in [-0.2, 0) is 11.3 Å². The van der Waals surface area contributed by atoms with Crippen LogP contribution in [0.5, 0.6) is 0 Å². The van der Waals surface area contributed by atoms with E-state index in [9.17, 15) is 14.4 Å². The molecule has 0 spiro atoms. The number of nitrogens with zero attached hydrogens (tertiary/aromatic N) is 3. The fraction of sp³-hybridized carbons (Fsp3) is 0.250. The summed E-state index contributed by atoms with van der Waals surface area (Å²) in [7, 11) is 0. The maximum Gasteiger partial charge on any atom is 0.337 e. The van der Waals surface area contributed by atoms with Crippen LogP contribution in [0.15, 0.2) is 56.4 Å². The summed E-state index contributed by atoms with van der Waals surface area (Å²) in [5, 5.41) is 2.89. The van der Waals surface area contributed by atoms with Crippen LogP contribution in [0, 0.1) is 20.8 Å². The maximum absolute atomic E-state index is 13.5. The number of carbonyl (C=O) groups excluding carboxylic acids is 1. The zero-order valence-corrected chi connectivity index (χ0v) is 20.5. The van der Waals surface area contributed by atoms with E-state index in [1.165, 1.54) is 27.7 Å². The van der Waals surface area contributed by atoms with Crippen LogP contribution in [0.4, 0.5) is 5.69 Å². The third-order valence-electron chi connectivity index (χ3n) is 5.19. The lowest BCUT2D eigenvalue weighted by Crippen LogP contribution is -2.40. The first-order chi connectivity index (χ1) is 15.8. The molecule has 0 aliphatic carbocycles. The van der Waals surface area contributed by atoms with Crippen LogP contribution in [0.25, 0.3) is 16.0 Å². The van der Waals surface area contributed by atoms with Crippen molar-refractivity contribution in [2.75, 3.05) is 11.1 Å². The number of carbonyl (C=O) groups is 1. The van der Waals surface area contributed by atoms with Crippen molar-refractivity contribution in [2.24, 2.45) is 0 Å². The van der Waals surface area contributed by atoms with Gasteiger partial charge in [-0.1, -0.05) is 48.5 Å². The van der Waals surface area contributed by atoms with Gasteiger partial charge in [-0.3, -0.25) is 14.2 Å². The molecule has 7 nitrogen and oxygen atoms in total. The zero-order valence-electron chi connectivity index (χ0n) is 18.8. The Labute approximate surface area is 199 Å². The first-order valence-electron chi connectivity index (χ1n) is 10.5. The number of aromatic nitrogens is 3. The van der Waals surface area contributed by atoms with Crippen molar-refractivity contribution in [3.05, 3.63) is 80.0 Å². The Hall–Kier alpha value is -3.17. The van der Waals surface area contributed by atoms with Crippen molar-refractivity contribution in [3.8, 4) is 5.69 Å². The molecule has 2 heterocycles. The Morgan fingerprint density at radius 2 is 1.76 bits per heavy atom. The molecule has 4 rings (SSSR count). The van der Waals surface area contributed by atoms with E-state index in [1.54, 1.807) is 12.1 Å². The van der Waals surface area contributed by atoms with Gasteiger partial charge in [0.05, 0.1) is 5.69 Å². The lowest BCUT2D eigenvalue weighted by Gasteiger charge is -2.13. The van der Waals surface area contributed by atoms with Gasteiger partial charge in [-0.05, 0) is 55.9 Å². The molecule has 0 bridgehead atoms. The first kappa shape index (κ1) is 23.0. The van der Waals surface area contributed by atoms with Gasteiger partial charge in [0.1, 0.15) is 11.2 Å². The monoisotopic (exact) mass is 480 g/mol. The van der Waals surface area contributed by atoms with Crippen LogP contribution in [0.3, 0.4) is 0 Å². The smallest absolute Gasteiger partial charge is 0.324 e. The Kier molecular flexibility index (Phi) is 6.53. The lowest BCUT2D eigenvalue weighted by molar-refractivity contribution is -0.116. The van der Waals surface area contributed by atoms with Crippen LogP contribution < -0.4 is 16.6 Å². The highest BCUT2D eigenvalue weighted by atomic mass is 32.2. The van der Waals surface area contributed by atoms with Gasteiger partial charge in [-0.2, -0.15) is 0 Å². The molecular weight excluding hydrogens is 456 g/mol. The molecule has 1 amide bonds. The molecule has 4 aromatic rings. The molecule has 33 heavy (non-hydrogen) atoms. The van der Waals surface area contributed by atoms with E-state index in [0.717, 1.165) is 27.0 Å². The Morgan fingerprint density at radius 1 is 1.06 bits per heavy atom. The van der Waals surface area contributed by atoms with Gasteiger partial charge >= 0.3 is 5.69 Å². The minimum Gasteiger partial charge on any atom is -0.324 e. The van der Waals surface area contributed by atoms with E-state index in [1.807, 2.05) is 58.0 Å². The number of rotatable bonds is 6. The van der Waals surface area contributed by atoms with E-state index < -0.39 is 11.2 Å². The quantitative estimate of drug-likeness (QED) is 0.416. The highest BCUT2D eigenvalue weighted by Crippen LogP contribution is 2.27. The van der Waals surface area contributed by atoms with Gasteiger partial charge in [0.2, 0.25) is 5.91 Å². The minimum absolute atomic E-state index is 0.241. The topological polar surface area (TPSA) is 86.0 Å². The van der Waals surface area contributed by atoms with Gasteiger partial charge in [0, 0.05) is 5.69 Å². The second kappa shape index (κ2) is 9.36. The highest BCUT2D eigenvalue weighted by molar-refractivity contribution is 8.01. The van der Waals surface area contributed by atoms with Crippen LogP contribution >= 0.6 is 23.1 Å². The average Bonchev–Trinajstić information content (AvgIpc) is 3.19. The predicted molar refractivity (Wildman–Crippen MR) is 135 cm³/mol. The molecule has 1 N–H and O–H groups in total. The summed E-state index contributed by atoms with van der Waals surface area (Å²) < 4.78 is 3.44. The highest BCUT2D eigenvalue weighted by Gasteiger charge is 2.21. The normalized spacial score (nSPS) is 11.2. The zero-order chi connectivity index (χ0) is 23.7. The first-order valence-corrected chi connectivity index (χ1v) is 12.3. The van der Waals surface area contributed by atoms with Crippen molar-refractivity contribution in [2.45, 2.75) is 38.6 Å². The van der Waals surface area contributed by atoms with Crippen LogP contribution in [0.2, 0.25) is 0 Å². The van der Waals surface area contributed by atoms with Crippen LogP contribution in [0.1, 0.15) is 23.6 Å². The van der Waals surface area contributed by atoms with Crippen LogP contribution in [-0.4, -0.2) is 25.8 Å². The van der Waals surface area contributed by atoms with E-state index >= 15 is 0 Å². The Bertz CT molecular complexity index is 1470. The third kappa shape index (κ3) is 4.65. The van der Waals surface area contributed by atoms with E-state index in [2.05, 4.69) is 10.3 Å². The molecule has 2 aromatic carbocycles. The van der Waals surface area contributed by atoms with Gasteiger partial charge in [-0.25, -0.2) is 14.3 Å². The molecule has 170 valence electrons. The van der Waals surface area contributed by atoms with E-state index in [-0.39, 0.29) is 18.1 Å².